The lowest BCUT2D eigenvalue weighted by molar-refractivity contribution is -0.139. The number of carbonyl (C=O) groups is 2. The molecular formula is C25H23N5O3. The van der Waals surface area contributed by atoms with E-state index in [0.717, 1.165) is 5.56 Å². The largest absolute Gasteiger partial charge is 0.505 e. The first-order valence-corrected chi connectivity index (χ1v) is 10.8. The number of nitrogens with zero attached hydrogens (tertiary/aromatic N) is 5. The van der Waals surface area contributed by atoms with Crippen molar-refractivity contribution in [3.8, 4) is 0 Å². The van der Waals surface area contributed by atoms with Crippen LogP contribution in [-0.4, -0.2) is 47.2 Å². The monoisotopic (exact) mass is 441 g/mol. The molecule has 8 heteroatoms. The van der Waals surface area contributed by atoms with Crippen LogP contribution in [0.5, 0.6) is 0 Å². The number of rotatable bonds is 6. The van der Waals surface area contributed by atoms with Gasteiger partial charge in [-0.2, -0.15) is 0 Å². The van der Waals surface area contributed by atoms with E-state index in [2.05, 4.69) is 9.97 Å². The molecule has 0 bridgehead atoms. The molecule has 5 rings (SSSR count). The summed E-state index contributed by atoms with van der Waals surface area (Å²) in [5.41, 5.74) is 2.51. The van der Waals surface area contributed by atoms with Gasteiger partial charge in [0, 0.05) is 31.7 Å². The highest BCUT2D eigenvalue weighted by molar-refractivity contribution is 6.46. The first kappa shape index (κ1) is 20.7. The Morgan fingerprint density at radius 3 is 2.58 bits per heavy atom. The van der Waals surface area contributed by atoms with Gasteiger partial charge in [0.25, 0.3) is 11.7 Å². The third-order valence-corrected chi connectivity index (χ3v) is 5.96. The van der Waals surface area contributed by atoms with Gasteiger partial charge in [0.05, 0.1) is 23.6 Å². The lowest BCUT2D eigenvalue weighted by Gasteiger charge is -2.25. The van der Waals surface area contributed by atoms with Crippen molar-refractivity contribution < 1.29 is 14.7 Å². The van der Waals surface area contributed by atoms with E-state index < -0.39 is 17.7 Å². The number of aromatic nitrogens is 4. The molecule has 33 heavy (non-hydrogen) atoms. The summed E-state index contributed by atoms with van der Waals surface area (Å²) >= 11 is 0. The zero-order chi connectivity index (χ0) is 22.9. The maximum atomic E-state index is 13.2. The van der Waals surface area contributed by atoms with Crippen molar-refractivity contribution in [1.82, 2.24) is 23.8 Å². The molecule has 1 N–H and O–H groups in total. The number of benzene rings is 1. The molecule has 4 heterocycles. The molecule has 1 amide bonds. The third-order valence-electron chi connectivity index (χ3n) is 5.96. The van der Waals surface area contributed by atoms with Crippen LogP contribution >= 0.6 is 0 Å². The average Bonchev–Trinajstić information content (AvgIpc) is 3.52. The Morgan fingerprint density at radius 1 is 1.03 bits per heavy atom. The zero-order valence-corrected chi connectivity index (χ0v) is 18.1. The van der Waals surface area contributed by atoms with Gasteiger partial charge in [-0.15, -0.1) is 0 Å². The minimum atomic E-state index is -0.686. The number of Topliss-reactive ketones (excluding diaryl/α,β-unsaturated/α-hetero) is 1. The van der Waals surface area contributed by atoms with E-state index >= 15 is 0 Å². The molecule has 3 aromatic heterocycles. The standard InChI is InChI=1S/C25H23N5O3/c1-17-21(29-13-6-5-10-19(29)27-17)23(31)20-22(18-8-3-2-4-9-18)30(25(33)24(20)32)14-7-12-28-15-11-26-16-28/h2-6,8-11,13,15-16,22,31H,7,12,14H2,1H3/b23-20+. The summed E-state index contributed by atoms with van der Waals surface area (Å²) in [6, 6.07) is 14.2. The third kappa shape index (κ3) is 3.59. The minimum absolute atomic E-state index is 0.0857. The molecule has 0 spiro atoms. The van der Waals surface area contributed by atoms with Crippen LogP contribution in [0, 0.1) is 6.92 Å². The van der Waals surface area contributed by atoms with Crippen LogP contribution in [-0.2, 0) is 16.1 Å². The van der Waals surface area contributed by atoms with E-state index in [0.29, 0.717) is 36.5 Å². The molecule has 1 aliphatic heterocycles. The van der Waals surface area contributed by atoms with Crippen molar-refractivity contribution in [3.63, 3.8) is 0 Å². The Morgan fingerprint density at radius 2 is 1.82 bits per heavy atom. The van der Waals surface area contributed by atoms with Gasteiger partial charge >= 0.3 is 0 Å². The van der Waals surface area contributed by atoms with E-state index in [-0.39, 0.29) is 11.3 Å². The predicted molar refractivity (Wildman–Crippen MR) is 122 cm³/mol. The highest BCUT2D eigenvalue weighted by Gasteiger charge is 2.46. The number of hydrogen-bond acceptors (Lipinski definition) is 5. The first-order valence-electron chi connectivity index (χ1n) is 10.8. The fraction of sp³-hybridized carbons (Fsp3) is 0.200. The number of fused-ring (bicyclic) bond motifs is 1. The Labute approximate surface area is 190 Å². The van der Waals surface area contributed by atoms with Crippen molar-refractivity contribution in [2.24, 2.45) is 0 Å². The molecular weight excluding hydrogens is 418 g/mol. The second kappa shape index (κ2) is 8.38. The fourth-order valence-corrected chi connectivity index (χ4v) is 4.46. The van der Waals surface area contributed by atoms with Crippen molar-refractivity contribution in [2.45, 2.75) is 25.9 Å². The molecule has 0 radical (unpaired) electrons. The Hall–Kier alpha value is -4.20. The van der Waals surface area contributed by atoms with E-state index in [9.17, 15) is 14.7 Å². The number of likely N-dealkylation sites (tertiary alicyclic amines) is 1. The maximum absolute atomic E-state index is 13.2. The molecule has 8 nitrogen and oxygen atoms in total. The SMILES string of the molecule is Cc1nc2ccccn2c1/C(O)=C1\C(=O)C(=O)N(CCCn2ccnc2)C1c1ccccc1. The smallest absolute Gasteiger partial charge is 0.295 e. The van der Waals surface area contributed by atoms with Crippen molar-refractivity contribution >= 4 is 23.1 Å². The number of hydrogen-bond donors (Lipinski definition) is 1. The fourth-order valence-electron chi connectivity index (χ4n) is 4.46. The number of pyridine rings is 1. The normalized spacial score (nSPS) is 17.8. The minimum Gasteiger partial charge on any atom is -0.505 e. The Bertz CT molecular complexity index is 1360. The molecule has 1 aliphatic rings. The van der Waals surface area contributed by atoms with Gasteiger partial charge < -0.3 is 14.6 Å². The number of imidazole rings is 2. The molecule has 1 atom stereocenters. The number of amides is 1. The molecule has 1 aromatic carbocycles. The summed E-state index contributed by atoms with van der Waals surface area (Å²) < 4.78 is 3.66. The summed E-state index contributed by atoms with van der Waals surface area (Å²) in [6.07, 6.45) is 7.70. The quantitative estimate of drug-likeness (QED) is 0.281. The van der Waals surface area contributed by atoms with Crippen LogP contribution in [0.3, 0.4) is 0 Å². The van der Waals surface area contributed by atoms with Crippen molar-refractivity contribution in [1.29, 1.82) is 0 Å². The molecule has 0 saturated carbocycles. The van der Waals surface area contributed by atoms with Gasteiger partial charge in [-0.25, -0.2) is 9.97 Å². The van der Waals surface area contributed by atoms with Gasteiger partial charge in [0.2, 0.25) is 0 Å². The summed E-state index contributed by atoms with van der Waals surface area (Å²) in [5.74, 6) is -1.51. The van der Waals surface area contributed by atoms with E-state index in [1.165, 1.54) is 0 Å². The van der Waals surface area contributed by atoms with Gasteiger partial charge in [-0.3, -0.25) is 14.0 Å². The first-order chi connectivity index (χ1) is 16.1. The molecule has 1 saturated heterocycles. The number of aliphatic hydroxyl groups excluding tert-OH is 1. The highest BCUT2D eigenvalue weighted by atomic mass is 16.3. The second-order valence-corrected chi connectivity index (χ2v) is 8.03. The summed E-state index contributed by atoms with van der Waals surface area (Å²) in [7, 11) is 0. The Balaban J connectivity index is 1.59. The zero-order valence-electron chi connectivity index (χ0n) is 18.1. The highest BCUT2D eigenvalue weighted by Crippen LogP contribution is 2.40. The van der Waals surface area contributed by atoms with Gasteiger partial charge in [-0.1, -0.05) is 36.4 Å². The summed E-state index contributed by atoms with van der Waals surface area (Å²) in [5, 5.41) is 11.4. The van der Waals surface area contributed by atoms with Crippen LogP contribution in [0.15, 0.2) is 79.0 Å². The molecule has 1 fully saturated rings. The second-order valence-electron chi connectivity index (χ2n) is 8.03. The van der Waals surface area contributed by atoms with E-state index in [1.54, 1.807) is 34.9 Å². The van der Waals surface area contributed by atoms with Crippen LogP contribution in [0.4, 0.5) is 0 Å². The number of aryl methyl sites for hydroxylation is 2. The molecule has 4 aromatic rings. The van der Waals surface area contributed by atoms with Crippen molar-refractivity contribution in [2.75, 3.05) is 6.54 Å². The van der Waals surface area contributed by atoms with E-state index in [4.69, 9.17) is 0 Å². The van der Waals surface area contributed by atoms with Gasteiger partial charge in [0.1, 0.15) is 11.3 Å². The van der Waals surface area contributed by atoms with Crippen LogP contribution in [0.1, 0.15) is 29.4 Å². The predicted octanol–water partition coefficient (Wildman–Crippen LogP) is 3.35. The topological polar surface area (TPSA) is 92.7 Å². The number of aliphatic hydroxyl groups is 1. The van der Waals surface area contributed by atoms with Crippen LogP contribution < -0.4 is 0 Å². The molecule has 1 unspecified atom stereocenters. The maximum Gasteiger partial charge on any atom is 0.295 e. The summed E-state index contributed by atoms with van der Waals surface area (Å²) in [4.78, 5) is 36.4. The van der Waals surface area contributed by atoms with Crippen LogP contribution in [0.2, 0.25) is 0 Å². The lowest BCUT2D eigenvalue weighted by Crippen LogP contribution is -2.31. The number of ketones is 1. The molecule has 0 aliphatic carbocycles. The average molecular weight is 441 g/mol. The van der Waals surface area contributed by atoms with E-state index in [1.807, 2.05) is 59.3 Å². The summed E-state index contributed by atoms with van der Waals surface area (Å²) in [6.45, 7) is 2.81. The lowest BCUT2D eigenvalue weighted by atomic mass is 9.96. The number of carbonyl (C=O) groups excluding carboxylic acids is 2. The van der Waals surface area contributed by atoms with Gasteiger partial charge in [0.15, 0.2) is 5.76 Å². The molecule has 166 valence electrons. The van der Waals surface area contributed by atoms with Crippen molar-refractivity contribution in [3.05, 3.63) is 96.0 Å². The van der Waals surface area contributed by atoms with Gasteiger partial charge in [-0.05, 0) is 31.0 Å². The Kier molecular flexibility index (Phi) is 5.26. The van der Waals surface area contributed by atoms with Crippen LogP contribution in [0.25, 0.3) is 11.4 Å².